The molecule has 1 N–H and O–H groups in total. The van der Waals surface area contributed by atoms with Crippen molar-refractivity contribution in [2.24, 2.45) is 0 Å². The number of hydrogen-bond donors (Lipinski definition) is 1. The zero-order valence-corrected chi connectivity index (χ0v) is 11.9. The number of aromatic nitrogens is 1. The van der Waals surface area contributed by atoms with Crippen LogP contribution in [0.25, 0.3) is 10.8 Å². The molecule has 0 bridgehead atoms. The molecule has 1 unspecified atom stereocenters. The number of rotatable bonds is 4. The Hall–Kier alpha value is -2.26. The summed E-state index contributed by atoms with van der Waals surface area (Å²) in [6.07, 6.45) is 2.94. The summed E-state index contributed by atoms with van der Waals surface area (Å²) < 4.78 is 13.4. The van der Waals surface area contributed by atoms with E-state index in [-0.39, 0.29) is 11.9 Å². The molecule has 2 aromatic carbocycles. The standard InChI is InChI=1S/C18H17FN2/c1-2-21-18(16-10-17(19)12-20-11-16)15-8-7-13-5-3-4-6-14(13)9-15/h3-12,18,21H,2H2,1H3. The van der Waals surface area contributed by atoms with Gasteiger partial charge in [0.1, 0.15) is 5.82 Å². The van der Waals surface area contributed by atoms with Crippen LogP contribution in [0.5, 0.6) is 0 Å². The minimum atomic E-state index is -0.309. The fourth-order valence-electron chi connectivity index (χ4n) is 2.61. The molecule has 0 fully saturated rings. The van der Waals surface area contributed by atoms with Crippen LogP contribution in [0.15, 0.2) is 60.9 Å². The second kappa shape index (κ2) is 6.02. The maximum absolute atomic E-state index is 13.4. The van der Waals surface area contributed by atoms with Crippen LogP contribution in [-0.4, -0.2) is 11.5 Å². The molecule has 0 amide bonds. The van der Waals surface area contributed by atoms with E-state index in [0.717, 1.165) is 17.7 Å². The van der Waals surface area contributed by atoms with E-state index in [4.69, 9.17) is 0 Å². The minimum absolute atomic E-state index is 0.0530. The van der Waals surface area contributed by atoms with E-state index in [2.05, 4.69) is 40.6 Å². The van der Waals surface area contributed by atoms with Gasteiger partial charge in [-0.1, -0.05) is 43.3 Å². The Morgan fingerprint density at radius 3 is 2.57 bits per heavy atom. The third-order valence-corrected chi connectivity index (χ3v) is 3.57. The van der Waals surface area contributed by atoms with Gasteiger partial charge in [0.2, 0.25) is 0 Å². The first kappa shape index (κ1) is 13.7. The van der Waals surface area contributed by atoms with E-state index in [1.807, 2.05) is 19.1 Å². The predicted octanol–water partition coefficient (Wildman–Crippen LogP) is 4.07. The van der Waals surface area contributed by atoms with Crippen LogP contribution in [0.4, 0.5) is 4.39 Å². The van der Waals surface area contributed by atoms with Crippen molar-refractivity contribution in [1.29, 1.82) is 0 Å². The average Bonchev–Trinajstić information content (AvgIpc) is 2.52. The molecule has 3 rings (SSSR count). The SMILES string of the molecule is CCNC(c1cncc(F)c1)c1ccc2ccccc2c1. The largest absolute Gasteiger partial charge is 0.306 e. The second-order valence-corrected chi connectivity index (χ2v) is 5.03. The maximum atomic E-state index is 13.4. The fourth-order valence-corrected chi connectivity index (χ4v) is 2.61. The summed E-state index contributed by atoms with van der Waals surface area (Å²) >= 11 is 0. The lowest BCUT2D eigenvalue weighted by Gasteiger charge is -2.19. The van der Waals surface area contributed by atoms with Crippen molar-refractivity contribution in [3.63, 3.8) is 0 Å². The van der Waals surface area contributed by atoms with E-state index >= 15 is 0 Å². The van der Waals surface area contributed by atoms with Gasteiger partial charge < -0.3 is 5.32 Å². The summed E-state index contributed by atoms with van der Waals surface area (Å²) in [5.74, 6) is -0.309. The summed E-state index contributed by atoms with van der Waals surface area (Å²) in [6, 6.07) is 16.0. The van der Waals surface area contributed by atoms with Crippen molar-refractivity contribution in [1.82, 2.24) is 10.3 Å². The fraction of sp³-hybridized carbons (Fsp3) is 0.167. The van der Waals surface area contributed by atoms with Gasteiger partial charge in [0.15, 0.2) is 0 Å². The minimum Gasteiger partial charge on any atom is -0.306 e. The van der Waals surface area contributed by atoms with Crippen LogP contribution in [0, 0.1) is 5.82 Å². The monoisotopic (exact) mass is 280 g/mol. The van der Waals surface area contributed by atoms with Crippen molar-refractivity contribution in [2.75, 3.05) is 6.54 Å². The highest BCUT2D eigenvalue weighted by Gasteiger charge is 2.14. The van der Waals surface area contributed by atoms with E-state index in [1.54, 1.807) is 6.20 Å². The molecule has 0 spiro atoms. The Bertz CT molecular complexity index is 755. The van der Waals surface area contributed by atoms with Gasteiger partial charge in [-0.3, -0.25) is 4.98 Å². The molecular weight excluding hydrogens is 263 g/mol. The highest BCUT2D eigenvalue weighted by molar-refractivity contribution is 5.83. The first-order valence-corrected chi connectivity index (χ1v) is 7.10. The highest BCUT2D eigenvalue weighted by Crippen LogP contribution is 2.25. The second-order valence-electron chi connectivity index (χ2n) is 5.03. The zero-order chi connectivity index (χ0) is 14.7. The molecule has 0 radical (unpaired) electrons. The van der Waals surface area contributed by atoms with Crippen LogP contribution in [0.1, 0.15) is 24.1 Å². The highest BCUT2D eigenvalue weighted by atomic mass is 19.1. The summed E-state index contributed by atoms with van der Waals surface area (Å²) in [4.78, 5) is 3.96. The molecule has 0 aliphatic heterocycles. The Morgan fingerprint density at radius 1 is 1.00 bits per heavy atom. The summed E-state index contributed by atoms with van der Waals surface area (Å²) in [5.41, 5.74) is 1.95. The van der Waals surface area contributed by atoms with Gasteiger partial charge in [-0.25, -0.2) is 4.39 Å². The van der Waals surface area contributed by atoms with Gasteiger partial charge in [0.05, 0.1) is 12.2 Å². The molecular formula is C18H17FN2. The normalized spacial score (nSPS) is 12.5. The van der Waals surface area contributed by atoms with E-state index in [0.29, 0.717) is 0 Å². The predicted molar refractivity (Wildman–Crippen MR) is 83.7 cm³/mol. The van der Waals surface area contributed by atoms with Crippen molar-refractivity contribution >= 4 is 10.8 Å². The Kier molecular flexibility index (Phi) is 3.93. The molecule has 0 aliphatic rings. The number of pyridine rings is 1. The van der Waals surface area contributed by atoms with Crippen molar-refractivity contribution in [2.45, 2.75) is 13.0 Å². The summed E-state index contributed by atoms with van der Waals surface area (Å²) in [5, 5.41) is 5.79. The third kappa shape index (κ3) is 2.93. The molecule has 2 nitrogen and oxygen atoms in total. The lowest BCUT2D eigenvalue weighted by molar-refractivity contribution is 0.596. The van der Waals surface area contributed by atoms with Gasteiger partial charge in [-0.2, -0.15) is 0 Å². The van der Waals surface area contributed by atoms with Gasteiger partial charge in [0.25, 0.3) is 0 Å². The van der Waals surface area contributed by atoms with E-state index < -0.39 is 0 Å². The molecule has 0 saturated heterocycles. The lowest BCUT2D eigenvalue weighted by atomic mass is 9.97. The number of hydrogen-bond acceptors (Lipinski definition) is 2. The number of fused-ring (bicyclic) bond motifs is 1. The lowest BCUT2D eigenvalue weighted by Crippen LogP contribution is -2.22. The van der Waals surface area contributed by atoms with Crippen molar-refractivity contribution in [3.05, 3.63) is 77.9 Å². The maximum Gasteiger partial charge on any atom is 0.141 e. The zero-order valence-electron chi connectivity index (χ0n) is 11.9. The van der Waals surface area contributed by atoms with Gasteiger partial charge in [-0.05, 0) is 40.6 Å². The molecule has 0 saturated carbocycles. The van der Waals surface area contributed by atoms with Gasteiger partial charge in [-0.15, -0.1) is 0 Å². The van der Waals surface area contributed by atoms with Gasteiger partial charge in [0, 0.05) is 6.20 Å². The quantitative estimate of drug-likeness (QED) is 0.779. The number of halogens is 1. The molecule has 21 heavy (non-hydrogen) atoms. The molecule has 3 aromatic rings. The molecule has 0 aliphatic carbocycles. The van der Waals surface area contributed by atoms with Crippen LogP contribution in [-0.2, 0) is 0 Å². The van der Waals surface area contributed by atoms with E-state index in [1.165, 1.54) is 23.0 Å². The van der Waals surface area contributed by atoms with Crippen LogP contribution < -0.4 is 5.32 Å². The number of nitrogens with one attached hydrogen (secondary N) is 1. The van der Waals surface area contributed by atoms with Gasteiger partial charge >= 0.3 is 0 Å². The van der Waals surface area contributed by atoms with Crippen molar-refractivity contribution in [3.8, 4) is 0 Å². The Labute approximate surface area is 123 Å². The Balaban J connectivity index is 2.06. The molecule has 106 valence electrons. The number of nitrogens with zero attached hydrogens (tertiary/aromatic N) is 1. The molecule has 1 atom stereocenters. The molecule has 3 heteroatoms. The van der Waals surface area contributed by atoms with Crippen LogP contribution in [0.2, 0.25) is 0 Å². The smallest absolute Gasteiger partial charge is 0.141 e. The Morgan fingerprint density at radius 2 is 1.81 bits per heavy atom. The molecule has 1 heterocycles. The molecule has 1 aromatic heterocycles. The van der Waals surface area contributed by atoms with Crippen molar-refractivity contribution < 1.29 is 4.39 Å². The first-order chi connectivity index (χ1) is 10.3. The topological polar surface area (TPSA) is 24.9 Å². The van der Waals surface area contributed by atoms with Crippen LogP contribution in [0.3, 0.4) is 0 Å². The average molecular weight is 280 g/mol. The first-order valence-electron chi connectivity index (χ1n) is 7.10. The van der Waals surface area contributed by atoms with E-state index in [9.17, 15) is 4.39 Å². The van der Waals surface area contributed by atoms with Crippen LogP contribution >= 0.6 is 0 Å². The summed E-state index contributed by atoms with van der Waals surface area (Å²) in [6.45, 7) is 2.84. The third-order valence-electron chi connectivity index (χ3n) is 3.57. The number of benzene rings is 2. The summed E-state index contributed by atoms with van der Waals surface area (Å²) in [7, 11) is 0.